The Kier molecular flexibility index (Phi) is 7.17. The lowest BCUT2D eigenvalue weighted by molar-refractivity contribution is 0.0696. The molecule has 1 unspecified atom stereocenters. The van der Waals surface area contributed by atoms with E-state index in [4.69, 9.17) is 9.66 Å². The maximum Gasteiger partial charge on any atom is 0.414 e. The highest BCUT2D eigenvalue weighted by Crippen LogP contribution is 1.97. The average molecular weight is 250 g/mol. The monoisotopic (exact) mass is 250 g/mol. The molecule has 14 heavy (non-hydrogen) atoms. The highest BCUT2D eigenvalue weighted by Gasteiger charge is 2.15. The molecular formula is C4H10O8S2. The summed E-state index contributed by atoms with van der Waals surface area (Å²) in [6.07, 6.45) is 0. The highest BCUT2D eigenvalue weighted by molar-refractivity contribution is 7.92. The Morgan fingerprint density at radius 2 is 1.86 bits per heavy atom. The smallest absolute Gasteiger partial charge is 0.394 e. The summed E-state index contributed by atoms with van der Waals surface area (Å²) in [5.41, 5.74) is 0. The standard InChI is InChI=1S/C4H10O8S2/c5-1-2-10-3-4-11-14(8,9)12-13(6)7/h5H,1-4H2,(H,6,7). The SMILES string of the molecule is O=S(O)OS(=O)(=O)OCCOCCO. The van der Waals surface area contributed by atoms with E-state index in [2.05, 4.69) is 12.5 Å². The van der Waals surface area contributed by atoms with Crippen LogP contribution in [0.3, 0.4) is 0 Å². The van der Waals surface area contributed by atoms with Crippen LogP contribution in [0.4, 0.5) is 0 Å². The quantitative estimate of drug-likeness (QED) is 0.391. The van der Waals surface area contributed by atoms with Crippen molar-refractivity contribution in [2.75, 3.05) is 26.4 Å². The predicted molar refractivity (Wildman–Crippen MR) is 44.6 cm³/mol. The molecule has 0 heterocycles. The summed E-state index contributed by atoms with van der Waals surface area (Å²) in [5.74, 6) is 0. The van der Waals surface area contributed by atoms with E-state index < -0.39 is 21.8 Å². The van der Waals surface area contributed by atoms with E-state index in [9.17, 15) is 12.6 Å². The highest BCUT2D eigenvalue weighted by atomic mass is 32.3. The van der Waals surface area contributed by atoms with Gasteiger partial charge in [-0.25, -0.2) is 4.18 Å². The molecule has 0 aromatic rings. The molecule has 0 amide bonds. The molecule has 0 radical (unpaired) electrons. The zero-order valence-electron chi connectivity index (χ0n) is 6.99. The minimum absolute atomic E-state index is 0.0518. The molecule has 1 atom stereocenters. The predicted octanol–water partition coefficient (Wildman–Crippen LogP) is -1.59. The summed E-state index contributed by atoms with van der Waals surface area (Å²) in [6, 6.07) is 0. The zero-order valence-corrected chi connectivity index (χ0v) is 8.62. The van der Waals surface area contributed by atoms with E-state index in [0.717, 1.165) is 0 Å². The molecule has 0 bridgehead atoms. The van der Waals surface area contributed by atoms with Crippen molar-refractivity contribution in [3.05, 3.63) is 0 Å². The summed E-state index contributed by atoms with van der Waals surface area (Å²) >= 11 is -2.94. The molecule has 0 aromatic heterocycles. The van der Waals surface area contributed by atoms with Gasteiger partial charge in [-0.3, -0.25) is 4.55 Å². The molecule has 2 N–H and O–H groups in total. The van der Waals surface area contributed by atoms with Gasteiger partial charge in [0.2, 0.25) is 0 Å². The Hall–Kier alpha value is -0.100. The van der Waals surface area contributed by atoms with E-state index in [1.54, 1.807) is 0 Å². The molecular weight excluding hydrogens is 240 g/mol. The lowest BCUT2D eigenvalue weighted by Gasteiger charge is -2.02. The maximum atomic E-state index is 10.6. The van der Waals surface area contributed by atoms with Crippen molar-refractivity contribution in [3.63, 3.8) is 0 Å². The first-order chi connectivity index (χ1) is 6.48. The number of hydrogen-bond acceptors (Lipinski definition) is 7. The number of aliphatic hydroxyl groups is 1. The first-order valence-electron chi connectivity index (χ1n) is 3.36. The van der Waals surface area contributed by atoms with Crippen LogP contribution in [-0.2, 0) is 34.3 Å². The Morgan fingerprint density at radius 3 is 2.36 bits per heavy atom. The summed E-state index contributed by atoms with van der Waals surface area (Å²) in [6.45, 7) is -0.582. The van der Waals surface area contributed by atoms with E-state index in [1.165, 1.54) is 0 Å². The van der Waals surface area contributed by atoms with Crippen molar-refractivity contribution in [3.8, 4) is 0 Å². The molecule has 0 aromatic carbocycles. The van der Waals surface area contributed by atoms with Crippen molar-refractivity contribution in [1.29, 1.82) is 0 Å². The number of rotatable bonds is 8. The molecule has 0 aliphatic rings. The van der Waals surface area contributed by atoms with Gasteiger partial charge < -0.3 is 9.84 Å². The van der Waals surface area contributed by atoms with Gasteiger partial charge in [0.15, 0.2) is 0 Å². The van der Waals surface area contributed by atoms with Crippen molar-refractivity contribution < 1.29 is 34.8 Å². The largest absolute Gasteiger partial charge is 0.414 e. The van der Waals surface area contributed by atoms with Crippen LogP contribution in [0.25, 0.3) is 0 Å². The van der Waals surface area contributed by atoms with Crippen LogP contribution in [-0.4, -0.2) is 48.7 Å². The molecule has 0 spiro atoms. The van der Waals surface area contributed by atoms with Crippen LogP contribution >= 0.6 is 0 Å². The maximum absolute atomic E-state index is 10.6. The van der Waals surface area contributed by atoms with Gasteiger partial charge in [0.1, 0.15) is 0 Å². The minimum atomic E-state index is -4.46. The van der Waals surface area contributed by atoms with Crippen molar-refractivity contribution in [2.45, 2.75) is 0 Å². The fourth-order valence-electron chi connectivity index (χ4n) is 0.453. The van der Waals surface area contributed by atoms with E-state index in [0.29, 0.717) is 0 Å². The van der Waals surface area contributed by atoms with Crippen LogP contribution in [0.5, 0.6) is 0 Å². The zero-order chi connectivity index (χ0) is 11.0. The van der Waals surface area contributed by atoms with Crippen molar-refractivity contribution in [2.24, 2.45) is 0 Å². The summed E-state index contributed by atoms with van der Waals surface area (Å²) < 4.78 is 51.4. The molecule has 0 saturated carbocycles. The van der Waals surface area contributed by atoms with Gasteiger partial charge in [0, 0.05) is 0 Å². The summed E-state index contributed by atoms with van der Waals surface area (Å²) in [7, 11) is -4.46. The topological polar surface area (TPSA) is 119 Å². The number of aliphatic hydroxyl groups excluding tert-OH is 1. The van der Waals surface area contributed by atoms with Gasteiger partial charge in [0.25, 0.3) is 0 Å². The van der Waals surface area contributed by atoms with Gasteiger partial charge in [-0.1, -0.05) is 0 Å². The van der Waals surface area contributed by atoms with Crippen LogP contribution in [0, 0.1) is 0 Å². The van der Waals surface area contributed by atoms with Gasteiger partial charge in [-0.2, -0.15) is 12.6 Å². The van der Waals surface area contributed by atoms with Crippen LogP contribution in [0.1, 0.15) is 0 Å². The third-order valence-corrected chi connectivity index (χ3v) is 2.42. The summed E-state index contributed by atoms with van der Waals surface area (Å²) in [4.78, 5) is 0. The lowest BCUT2D eigenvalue weighted by Crippen LogP contribution is -2.15. The van der Waals surface area contributed by atoms with E-state index in [1.807, 2.05) is 0 Å². The lowest BCUT2D eigenvalue weighted by atomic mass is 10.7. The third kappa shape index (κ3) is 8.50. The number of hydrogen-bond donors (Lipinski definition) is 2. The first-order valence-corrected chi connectivity index (χ1v) is 5.73. The molecule has 10 heteroatoms. The van der Waals surface area contributed by atoms with Gasteiger partial charge in [-0.15, -0.1) is 3.63 Å². The first kappa shape index (κ1) is 13.9. The molecule has 86 valence electrons. The minimum Gasteiger partial charge on any atom is -0.394 e. The molecule has 0 saturated heterocycles. The third-order valence-electron chi connectivity index (χ3n) is 0.833. The van der Waals surface area contributed by atoms with Gasteiger partial charge >= 0.3 is 21.8 Å². The average Bonchev–Trinajstić information content (AvgIpc) is 2.01. The fraction of sp³-hybridized carbons (Fsp3) is 1.00. The van der Waals surface area contributed by atoms with Crippen LogP contribution in [0.2, 0.25) is 0 Å². The Balaban J connectivity index is 3.61. The number of ether oxygens (including phenoxy) is 1. The summed E-state index contributed by atoms with van der Waals surface area (Å²) in [5, 5.41) is 8.26. The molecule has 8 nitrogen and oxygen atoms in total. The second kappa shape index (κ2) is 7.23. The Morgan fingerprint density at radius 1 is 1.21 bits per heavy atom. The normalized spacial score (nSPS) is 14.1. The fourth-order valence-corrected chi connectivity index (χ4v) is 1.45. The van der Waals surface area contributed by atoms with Gasteiger partial charge in [-0.05, 0) is 0 Å². The molecule has 0 fully saturated rings. The van der Waals surface area contributed by atoms with Crippen LogP contribution in [0.15, 0.2) is 0 Å². The second-order valence-electron chi connectivity index (χ2n) is 1.85. The Labute approximate surface area is 83.6 Å². The van der Waals surface area contributed by atoms with E-state index in [-0.39, 0.29) is 26.4 Å². The van der Waals surface area contributed by atoms with Crippen LogP contribution < -0.4 is 0 Å². The second-order valence-corrected chi connectivity index (χ2v) is 3.88. The van der Waals surface area contributed by atoms with E-state index >= 15 is 0 Å². The van der Waals surface area contributed by atoms with Crippen molar-refractivity contribution >= 4 is 21.8 Å². The molecule has 0 aliphatic carbocycles. The van der Waals surface area contributed by atoms with Crippen molar-refractivity contribution in [1.82, 2.24) is 0 Å². The molecule has 0 aliphatic heterocycles. The molecule has 0 rings (SSSR count). The Bertz CT molecular complexity index is 259. The van der Waals surface area contributed by atoms with Gasteiger partial charge in [0.05, 0.1) is 26.4 Å².